The number of halogens is 3. The Morgan fingerprint density at radius 2 is 1.86 bits per heavy atom. The monoisotopic (exact) mass is 309 g/mol. The molecular weight excluding hydrogens is 291 g/mol. The number of hydrogen-bond donors (Lipinski definition) is 1. The molecule has 0 radical (unpaired) electrons. The molecule has 2 atom stereocenters. The fraction of sp³-hybridized carbons (Fsp3) is 0.438. The lowest BCUT2D eigenvalue weighted by atomic mass is 9.94. The van der Waals surface area contributed by atoms with E-state index in [-0.39, 0.29) is 12.5 Å². The summed E-state index contributed by atoms with van der Waals surface area (Å²) in [5.41, 5.74) is 2.04. The van der Waals surface area contributed by atoms with E-state index >= 15 is 0 Å². The van der Waals surface area contributed by atoms with Crippen molar-refractivity contribution in [3.63, 3.8) is 0 Å². The zero-order valence-electron chi connectivity index (χ0n) is 12.4. The number of alkyl halides is 3. The largest absolute Gasteiger partial charge is 0.410 e. The number of nitrogens with one attached hydrogen (secondary N) is 1. The van der Waals surface area contributed by atoms with Crippen LogP contribution in [-0.4, -0.2) is 16.0 Å². The van der Waals surface area contributed by atoms with Gasteiger partial charge >= 0.3 is 6.18 Å². The second kappa shape index (κ2) is 5.34. The number of rotatable bonds is 2. The molecule has 1 aliphatic rings. The molecule has 0 saturated carbocycles. The highest BCUT2D eigenvalue weighted by atomic mass is 19.4. The molecule has 0 aliphatic carbocycles. The first-order chi connectivity index (χ1) is 10.4. The van der Waals surface area contributed by atoms with Gasteiger partial charge in [0.2, 0.25) is 0 Å². The summed E-state index contributed by atoms with van der Waals surface area (Å²) in [6.45, 7) is 4.18. The van der Waals surface area contributed by atoms with Gasteiger partial charge in [-0.3, -0.25) is 0 Å². The predicted octanol–water partition coefficient (Wildman–Crippen LogP) is 4.67. The van der Waals surface area contributed by atoms with E-state index in [1.807, 2.05) is 24.3 Å². The van der Waals surface area contributed by atoms with Crippen molar-refractivity contribution in [1.29, 1.82) is 0 Å². The van der Waals surface area contributed by atoms with E-state index in [2.05, 4.69) is 24.3 Å². The average molecular weight is 309 g/mol. The van der Waals surface area contributed by atoms with Gasteiger partial charge in [0.15, 0.2) is 6.04 Å². The third kappa shape index (κ3) is 2.69. The summed E-state index contributed by atoms with van der Waals surface area (Å²) in [5.74, 6) is 0.809. The van der Waals surface area contributed by atoms with E-state index in [4.69, 9.17) is 0 Å². The molecule has 3 nitrogen and oxygen atoms in total. The minimum Gasteiger partial charge on any atom is -0.363 e. The van der Waals surface area contributed by atoms with Crippen LogP contribution >= 0.6 is 0 Å². The first-order valence-corrected chi connectivity index (χ1v) is 7.33. The van der Waals surface area contributed by atoms with Gasteiger partial charge in [-0.2, -0.15) is 18.3 Å². The standard InChI is InChI=1S/C16H18F3N3/c1-10(2)11-3-5-12(6-4-11)13-9-14(16(17,18)19)22-15(21-13)7-8-20-22/h3-8,10,13-14,21H,9H2,1-2H3/t13-,14+/m0/s1. The molecule has 2 aromatic rings. The van der Waals surface area contributed by atoms with Crippen molar-refractivity contribution in [1.82, 2.24) is 9.78 Å². The van der Waals surface area contributed by atoms with E-state index in [0.29, 0.717) is 11.7 Å². The summed E-state index contributed by atoms with van der Waals surface area (Å²) in [6.07, 6.45) is -2.97. The van der Waals surface area contributed by atoms with Gasteiger partial charge in [0.25, 0.3) is 0 Å². The Labute approximate surface area is 127 Å². The SMILES string of the molecule is CC(C)c1ccc([C@@H]2C[C@H](C(F)(F)F)n3nccc3N2)cc1. The molecule has 6 heteroatoms. The van der Waals surface area contributed by atoms with Crippen LogP contribution < -0.4 is 5.32 Å². The Hall–Kier alpha value is -1.98. The van der Waals surface area contributed by atoms with Gasteiger partial charge < -0.3 is 5.32 Å². The number of aromatic nitrogens is 2. The second-order valence-electron chi connectivity index (χ2n) is 5.97. The van der Waals surface area contributed by atoms with Crippen LogP contribution in [0.2, 0.25) is 0 Å². The topological polar surface area (TPSA) is 29.9 Å². The number of anilines is 1. The molecule has 2 heterocycles. The highest BCUT2D eigenvalue weighted by Gasteiger charge is 2.46. The first kappa shape index (κ1) is 14.9. The lowest BCUT2D eigenvalue weighted by molar-refractivity contribution is -0.173. The molecule has 118 valence electrons. The lowest BCUT2D eigenvalue weighted by Gasteiger charge is -2.33. The minimum atomic E-state index is -4.31. The summed E-state index contributed by atoms with van der Waals surface area (Å²) in [5, 5.41) is 6.95. The molecule has 0 bridgehead atoms. The van der Waals surface area contributed by atoms with Crippen LogP contribution in [0.5, 0.6) is 0 Å². The Balaban J connectivity index is 1.90. The van der Waals surface area contributed by atoms with E-state index in [9.17, 15) is 13.2 Å². The smallest absolute Gasteiger partial charge is 0.363 e. The molecule has 3 rings (SSSR count). The molecule has 1 aromatic heterocycles. The Bertz CT molecular complexity index is 643. The zero-order valence-corrected chi connectivity index (χ0v) is 12.4. The van der Waals surface area contributed by atoms with Crippen LogP contribution in [-0.2, 0) is 0 Å². The van der Waals surface area contributed by atoms with Crippen molar-refractivity contribution in [3.05, 3.63) is 47.7 Å². The molecule has 0 spiro atoms. The summed E-state index contributed by atoms with van der Waals surface area (Å²) in [6, 6.07) is 7.41. The highest BCUT2D eigenvalue weighted by molar-refractivity contribution is 5.42. The summed E-state index contributed by atoms with van der Waals surface area (Å²) < 4.78 is 40.8. The fourth-order valence-corrected chi connectivity index (χ4v) is 2.84. The summed E-state index contributed by atoms with van der Waals surface area (Å²) >= 11 is 0. The van der Waals surface area contributed by atoms with Gasteiger partial charge in [-0.15, -0.1) is 0 Å². The quantitative estimate of drug-likeness (QED) is 0.874. The van der Waals surface area contributed by atoms with Crippen molar-refractivity contribution in [3.8, 4) is 0 Å². The maximum absolute atomic E-state index is 13.3. The van der Waals surface area contributed by atoms with Crippen molar-refractivity contribution in [2.45, 2.75) is 44.4 Å². The third-order valence-corrected chi connectivity index (χ3v) is 4.13. The Morgan fingerprint density at radius 3 is 2.45 bits per heavy atom. The van der Waals surface area contributed by atoms with Crippen LogP contribution in [0.15, 0.2) is 36.5 Å². The molecule has 1 aromatic carbocycles. The average Bonchev–Trinajstić information content (AvgIpc) is 2.93. The molecule has 0 unspecified atom stereocenters. The molecule has 1 N–H and O–H groups in total. The lowest BCUT2D eigenvalue weighted by Crippen LogP contribution is -2.35. The highest BCUT2D eigenvalue weighted by Crippen LogP contribution is 2.43. The van der Waals surface area contributed by atoms with Gasteiger partial charge in [-0.05, 0) is 17.0 Å². The molecule has 1 aliphatic heterocycles. The maximum atomic E-state index is 13.3. The molecule has 22 heavy (non-hydrogen) atoms. The number of nitrogens with zero attached hydrogens (tertiary/aromatic N) is 2. The summed E-state index contributed by atoms with van der Waals surface area (Å²) in [4.78, 5) is 0. The zero-order chi connectivity index (χ0) is 15.9. The Kier molecular flexibility index (Phi) is 3.62. The Morgan fingerprint density at radius 1 is 1.18 bits per heavy atom. The van der Waals surface area contributed by atoms with E-state index < -0.39 is 12.2 Å². The van der Waals surface area contributed by atoms with Crippen molar-refractivity contribution < 1.29 is 13.2 Å². The molecule has 0 saturated heterocycles. The van der Waals surface area contributed by atoms with Crippen LogP contribution in [0.4, 0.5) is 19.0 Å². The van der Waals surface area contributed by atoms with Crippen LogP contribution in [0.3, 0.4) is 0 Å². The molecule has 0 amide bonds. The minimum absolute atomic E-state index is 0.0563. The van der Waals surface area contributed by atoms with Gasteiger partial charge in [0.05, 0.1) is 12.2 Å². The second-order valence-corrected chi connectivity index (χ2v) is 5.97. The number of fused-ring (bicyclic) bond motifs is 1. The van der Waals surface area contributed by atoms with Gasteiger partial charge in [0, 0.05) is 12.5 Å². The van der Waals surface area contributed by atoms with Crippen LogP contribution in [0, 0.1) is 0 Å². The van der Waals surface area contributed by atoms with Crippen LogP contribution in [0.1, 0.15) is 49.4 Å². The normalized spacial score (nSPS) is 21.5. The van der Waals surface area contributed by atoms with E-state index in [0.717, 1.165) is 10.2 Å². The van der Waals surface area contributed by atoms with Crippen LogP contribution in [0.25, 0.3) is 0 Å². The van der Waals surface area contributed by atoms with Gasteiger partial charge in [-0.25, -0.2) is 4.68 Å². The molecular formula is C16H18F3N3. The van der Waals surface area contributed by atoms with E-state index in [1.165, 1.54) is 11.8 Å². The van der Waals surface area contributed by atoms with Crippen molar-refractivity contribution >= 4 is 5.82 Å². The predicted molar refractivity (Wildman–Crippen MR) is 78.8 cm³/mol. The molecule has 0 fully saturated rings. The first-order valence-electron chi connectivity index (χ1n) is 7.33. The van der Waals surface area contributed by atoms with E-state index in [1.54, 1.807) is 6.07 Å². The third-order valence-electron chi connectivity index (χ3n) is 4.13. The summed E-state index contributed by atoms with van der Waals surface area (Å²) in [7, 11) is 0. The van der Waals surface area contributed by atoms with Gasteiger partial charge in [-0.1, -0.05) is 38.1 Å². The van der Waals surface area contributed by atoms with Crippen molar-refractivity contribution in [2.75, 3.05) is 5.32 Å². The number of benzene rings is 1. The maximum Gasteiger partial charge on any atom is 0.410 e. The van der Waals surface area contributed by atoms with Gasteiger partial charge in [0.1, 0.15) is 5.82 Å². The fourth-order valence-electron chi connectivity index (χ4n) is 2.84. The number of hydrogen-bond acceptors (Lipinski definition) is 2. The van der Waals surface area contributed by atoms with Crippen molar-refractivity contribution in [2.24, 2.45) is 0 Å².